The molecule has 0 spiro atoms. The smallest absolute Gasteiger partial charge is 0.328 e. The fourth-order valence-corrected chi connectivity index (χ4v) is 0.343. The van der Waals surface area contributed by atoms with E-state index in [2.05, 4.69) is 25.6 Å². The number of amides is 1. The van der Waals surface area contributed by atoms with Gasteiger partial charge in [-0.15, -0.1) is 0 Å². The predicted octanol–water partition coefficient (Wildman–Crippen LogP) is 0.145. The molecule has 0 fully saturated rings. The molecule has 0 saturated carbocycles. The monoisotopic (exact) mass is 179 g/mol. The van der Waals surface area contributed by atoms with Crippen molar-refractivity contribution in [3.63, 3.8) is 0 Å². The summed E-state index contributed by atoms with van der Waals surface area (Å²) >= 11 is 7.00. The van der Waals surface area contributed by atoms with Crippen molar-refractivity contribution in [2.24, 2.45) is 0 Å². The Bertz CT molecular complexity index is 177. The van der Waals surface area contributed by atoms with E-state index in [1.165, 1.54) is 0 Å². The first-order valence-corrected chi connectivity index (χ1v) is 2.97. The van der Waals surface area contributed by atoms with E-state index in [9.17, 15) is 9.59 Å². The lowest BCUT2D eigenvalue weighted by Crippen LogP contribution is -2.07. The molecule has 0 aliphatic carbocycles. The van der Waals surface area contributed by atoms with Crippen molar-refractivity contribution in [1.29, 1.82) is 0 Å². The molecule has 0 rings (SSSR count). The third kappa shape index (κ3) is 4.28. The number of thiol groups is 2. The average Bonchev–Trinajstić information content (AvgIpc) is 1.82. The Labute approximate surface area is 68.6 Å². The van der Waals surface area contributed by atoms with Crippen LogP contribution in [0.1, 0.15) is 0 Å². The van der Waals surface area contributed by atoms with Gasteiger partial charge in [0.2, 0.25) is 0 Å². The number of hydrogen-bond acceptors (Lipinski definition) is 4. The second kappa shape index (κ2) is 4.24. The molecule has 6 heteroatoms. The Morgan fingerprint density at radius 3 is 2.10 bits per heavy atom. The lowest BCUT2D eigenvalue weighted by atomic mass is 10.5. The zero-order valence-corrected chi connectivity index (χ0v) is 6.55. The highest BCUT2D eigenvalue weighted by Crippen LogP contribution is 1.97. The third-order valence-corrected chi connectivity index (χ3v) is 0.960. The van der Waals surface area contributed by atoms with Gasteiger partial charge in [0.05, 0.1) is 0 Å². The number of hydrogen-bond donors (Lipinski definition) is 3. The van der Waals surface area contributed by atoms with Gasteiger partial charge in [0, 0.05) is 12.2 Å². The molecule has 56 valence electrons. The minimum Gasteiger partial charge on any atom is -0.478 e. The quantitative estimate of drug-likeness (QED) is 0.417. The minimum absolute atomic E-state index is 0.603. The van der Waals surface area contributed by atoms with E-state index in [1.807, 2.05) is 0 Å². The van der Waals surface area contributed by atoms with Crippen LogP contribution in [0, 0.1) is 0 Å². The molecule has 0 aromatic carbocycles. The van der Waals surface area contributed by atoms with Gasteiger partial charge in [-0.3, -0.25) is 4.79 Å². The molecule has 1 N–H and O–H groups in total. The number of carbonyl (C=O) groups is 2. The summed E-state index contributed by atoms with van der Waals surface area (Å²) in [7, 11) is 0. The highest BCUT2D eigenvalue weighted by Gasteiger charge is 1.99. The van der Waals surface area contributed by atoms with E-state index < -0.39 is 11.9 Å². The first-order chi connectivity index (χ1) is 4.54. The number of carboxylic acid groups (broad SMARTS) is 1. The van der Waals surface area contributed by atoms with Gasteiger partial charge in [-0.05, 0) is 0 Å². The molecular weight excluding hydrogens is 174 g/mol. The molecule has 0 atom stereocenters. The van der Waals surface area contributed by atoms with E-state index in [4.69, 9.17) is 5.11 Å². The number of carbonyl (C=O) groups excluding carboxylic acids is 1. The Kier molecular flexibility index (Phi) is 3.97. The molecule has 0 aliphatic rings. The largest absolute Gasteiger partial charge is 0.478 e. The van der Waals surface area contributed by atoms with Crippen molar-refractivity contribution in [3.8, 4) is 0 Å². The summed E-state index contributed by atoms with van der Waals surface area (Å²) in [5.41, 5.74) is 0. The fraction of sp³-hybridized carbons (Fsp3) is 0. The molecule has 0 aromatic rings. The van der Waals surface area contributed by atoms with Crippen molar-refractivity contribution < 1.29 is 14.7 Å². The fourth-order valence-electron chi connectivity index (χ4n) is 0.209. The summed E-state index contributed by atoms with van der Waals surface area (Å²) in [6.45, 7) is 0. The van der Waals surface area contributed by atoms with Gasteiger partial charge in [-0.2, -0.15) is 0 Å². The maximum Gasteiger partial charge on any atom is 0.328 e. The highest BCUT2D eigenvalue weighted by atomic mass is 32.2. The zero-order chi connectivity index (χ0) is 8.15. The first-order valence-electron chi connectivity index (χ1n) is 2.17. The molecule has 0 unspecified atom stereocenters. The summed E-state index contributed by atoms with van der Waals surface area (Å²) in [6, 6.07) is 0. The van der Waals surface area contributed by atoms with Gasteiger partial charge >= 0.3 is 5.97 Å². The van der Waals surface area contributed by atoms with Crippen LogP contribution in [0.2, 0.25) is 0 Å². The van der Waals surface area contributed by atoms with Crippen molar-refractivity contribution >= 4 is 37.5 Å². The summed E-state index contributed by atoms with van der Waals surface area (Å²) in [4.78, 5) is 20.3. The van der Waals surface area contributed by atoms with Gasteiger partial charge in [0.25, 0.3) is 5.91 Å². The summed E-state index contributed by atoms with van der Waals surface area (Å²) < 4.78 is 0.680. The summed E-state index contributed by atoms with van der Waals surface area (Å²) in [5.74, 6) is -1.79. The summed E-state index contributed by atoms with van der Waals surface area (Å²) in [5, 5.41) is 8.04. The lowest BCUT2D eigenvalue weighted by molar-refractivity contribution is -0.131. The van der Waals surface area contributed by atoms with Gasteiger partial charge in [-0.25, -0.2) is 8.51 Å². The van der Waals surface area contributed by atoms with Crippen LogP contribution < -0.4 is 0 Å². The van der Waals surface area contributed by atoms with E-state index in [0.29, 0.717) is 9.79 Å². The molecule has 4 nitrogen and oxygen atoms in total. The van der Waals surface area contributed by atoms with E-state index in [-0.39, 0.29) is 0 Å². The maximum atomic E-state index is 10.5. The van der Waals surface area contributed by atoms with Crippen LogP contribution in [0.15, 0.2) is 12.2 Å². The first kappa shape index (κ1) is 9.38. The normalized spacial score (nSPS) is 9.80. The van der Waals surface area contributed by atoms with E-state index in [1.54, 1.807) is 0 Å². The predicted molar refractivity (Wildman–Crippen MR) is 41.6 cm³/mol. The Morgan fingerprint density at radius 2 is 1.80 bits per heavy atom. The minimum atomic E-state index is -1.18. The Balaban J connectivity index is 3.90. The van der Waals surface area contributed by atoms with Crippen molar-refractivity contribution in [2.75, 3.05) is 0 Å². The molecule has 0 heterocycles. The van der Waals surface area contributed by atoms with Crippen LogP contribution in [-0.2, 0) is 9.59 Å². The maximum absolute atomic E-state index is 10.5. The number of nitrogens with zero attached hydrogens (tertiary/aromatic N) is 1. The molecule has 0 aliphatic heterocycles. The Hall–Kier alpha value is -0.620. The highest BCUT2D eigenvalue weighted by molar-refractivity contribution is 7.94. The van der Waals surface area contributed by atoms with Gasteiger partial charge < -0.3 is 5.11 Å². The van der Waals surface area contributed by atoms with Crippen LogP contribution in [0.3, 0.4) is 0 Å². The van der Waals surface area contributed by atoms with Crippen LogP contribution in [0.25, 0.3) is 0 Å². The van der Waals surface area contributed by atoms with Crippen molar-refractivity contribution in [2.45, 2.75) is 0 Å². The van der Waals surface area contributed by atoms with Gasteiger partial charge in [0.1, 0.15) is 0 Å². The molecule has 0 aromatic heterocycles. The lowest BCUT2D eigenvalue weighted by Gasteiger charge is -1.99. The van der Waals surface area contributed by atoms with Crippen LogP contribution >= 0.6 is 25.6 Å². The van der Waals surface area contributed by atoms with Crippen LogP contribution in [0.5, 0.6) is 0 Å². The van der Waals surface area contributed by atoms with Crippen LogP contribution in [-0.4, -0.2) is 20.7 Å². The molecule has 0 saturated heterocycles. The molecule has 1 amide bonds. The SMILES string of the molecule is O=C(O)/C=C\C(=O)N(S)S. The summed E-state index contributed by atoms with van der Waals surface area (Å²) in [6.07, 6.45) is 1.56. The number of aliphatic carboxylic acids is 1. The van der Waals surface area contributed by atoms with Gasteiger partial charge in [0.15, 0.2) is 0 Å². The van der Waals surface area contributed by atoms with E-state index in [0.717, 1.165) is 6.08 Å². The average molecular weight is 179 g/mol. The molecule has 0 bridgehead atoms. The van der Waals surface area contributed by atoms with Crippen molar-refractivity contribution in [3.05, 3.63) is 12.2 Å². The second-order valence-electron chi connectivity index (χ2n) is 1.30. The van der Waals surface area contributed by atoms with Crippen molar-refractivity contribution in [1.82, 2.24) is 3.71 Å². The number of rotatable bonds is 2. The zero-order valence-electron chi connectivity index (χ0n) is 4.76. The van der Waals surface area contributed by atoms with Gasteiger partial charge in [-0.1, -0.05) is 25.6 Å². The third-order valence-electron chi connectivity index (χ3n) is 0.566. The second-order valence-corrected chi connectivity index (χ2v) is 2.41. The van der Waals surface area contributed by atoms with Crippen LogP contribution in [0.4, 0.5) is 0 Å². The number of carboxylic acids is 1. The molecular formula is C4H5NO3S2. The molecule has 10 heavy (non-hydrogen) atoms. The van der Waals surface area contributed by atoms with E-state index >= 15 is 0 Å². The molecule has 0 radical (unpaired) electrons. The standard InChI is InChI=1S/C4H5NO3S2/c6-3(5(9)10)1-2-4(7)8/h1-2,9-10H,(H,7,8)/b2-1-. The Morgan fingerprint density at radius 1 is 1.30 bits per heavy atom. The topological polar surface area (TPSA) is 57.6 Å².